The highest BCUT2D eigenvalue weighted by Crippen LogP contribution is 2.48. The van der Waals surface area contributed by atoms with Crippen molar-refractivity contribution in [2.24, 2.45) is 0 Å². The van der Waals surface area contributed by atoms with Crippen LogP contribution in [0.2, 0.25) is 0 Å². The van der Waals surface area contributed by atoms with Gasteiger partial charge in [0.25, 0.3) is 0 Å². The Bertz CT molecular complexity index is 1040. The summed E-state index contributed by atoms with van der Waals surface area (Å²) in [6, 6.07) is 0. The molecule has 208 valence electrons. The SMILES string of the molecule is CC(C)OC(=O)OCOP(=O)(CO[C@@H](C)Cn1cnc2c(NCBr)ncnc21)OCOC(=O)OC(C)C. The number of ether oxygens (including phenoxy) is 5. The molecule has 2 heterocycles. The molecule has 1 N–H and O–H groups in total. The summed E-state index contributed by atoms with van der Waals surface area (Å²) in [5, 5.41) is 3.04. The van der Waals surface area contributed by atoms with Crippen molar-refractivity contribution in [1.29, 1.82) is 0 Å². The predicted octanol–water partition coefficient (Wildman–Crippen LogP) is 4.22. The number of carbonyl (C=O) groups is 2. The molecule has 0 aliphatic carbocycles. The summed E-state index contributed by atoms with van der Waals surface area (Å²) in [5.74, 6) is 0.562. The van der Waals surface area contributed by atoms with Gasteiger partial charge in [-0.15, -0.1) is 0 Å². The lowest BCUT2D eigenvalue weighted by Crippen LogP contribution is -2.20. The summed E-state index contributed by atoms with van der Waals surface area (Å²) in [6.07, 6.45) is -0.955. The van der Waals surface area contributed by atoms with Crippen molar-refractivity contribution < 1.29 is 46.9 Å². The number of aromatic nitrogens is 4. The minimum atomic E-state index is -4.06. The number of carbonyl (C=O) groups excluding carboxylic acids is 2. The Morgan fingerprint density at radius 3 is 2.14 bits per heavy atom. The number of hydrogen-bond donors (Lipinski definition) is 1. The van der Waals surface area contributed by atoms with Gasteiger partial charge in [0.2, 0.25) is 13.6 Å². The highest BCUT2D eigenvalue weighted by atomic mass is 79.9. The van der Waals surface area contributed by atoms with E-state index in [1.54, 1.807) is 45.5 Å². The fourth-order valence-corrected chi connectivity index (χ4v) is 3.98. The molecule has 2 aromatic heterocycles. The summed E-state index contributed by atoms with van der Waals surface area (Å²) in [7, 11) is -4.06. The lowest BCUT2D eigenvalue weighted by molar-refractivity contribution is -0.0369. The van der Waals surface area contributed by atoms with Gasteiger partial charge in [-0.2, -0.15) is 0 Å². The van der Waals surface area contributed by atoms with Crippen LogP contribution in [0.15, 0.2) is 12.7 Å². The number of rotatable bonds is 15. The number of anilines is 1. The Balaban J connectivity index is 1.98. The van der Waals surface area contributed by atoms with Crippen LogP contribution in [0, 0.1) is 0 Å². The second-order valence-corrected chi connectivity index (χ2v) is 10.5. The molecule has 0 spiro atoms. The zero-order chi connectivity index (χ0) is 27.4. The molecule has 0 aliphatic heterocycles. The van der Waals surface area contributed by atoms with Crippen LogP contribution in [0.1, 0.15) is 34.6 Å². The molecule has 0 fully saturated rings. The van der Waals surface area contributed by atoms with E-state index in [1.807, 2.05) is 0 Å². The van der Waals surface area contributed by atoms with Gasteiger partial charge in [0.1, 0.15) is 18.2 Å². The van der Waals surface area contributed by atoms with Crippen LogP contribution < -0.4 is 5.32 Å². The molecular weight excluding hydrogens is 581 g/mol. The summed E-state index contributed by atoms with van der Waals surface area (Å²) in [6.45, 7) is 7.05. The van der Waals surface area contributed by atoms with E-state index in [4.69, 9.17) is 32.7 Å². The van der Waals surface area contributed by atoms with Crippen LogP contribution >= 0.6 is 23.5 Å². The molecule has 0 amide bonds. The molecule has 37 heavy (non-hydrogen) atoms. The summed E-state index contributed by atoms with van der Waals surface area (Å²) < 4.78 is 50.0. The number of nitrogens with zero attached hydrogens (tertiary/aromatic N) is 4. The zero-order valence-electron chi connectivity index (χ0n) is 21.1. The number of nitrogens with one attached hydrogen (secondary N) is 1. The van der Waals surface area contributed by atoms with E-state index in [0.29, 0.717) is 22.4 Å². The molecule has 0 saturated heterocycles. The standard InChI is InChI=1S/C20H31BrN5O10P/c1-13(2)35-19(27)30-10-33-37(29,34-11-31-20(28)36-14(3)4)12-32-15(5)6-26-9-25-16-17(22-7-21)23-8-24-18(16)26/h8-9,13-15H,6-7,10-12H2,1-5H3,(H,22,23,24)/t15-/m0/s1. The first-order valence-corrected chi connectivity index (χ1v) is 14.0. The molecule has 15 nitrogen and oxygen atoms in total. The maximum atomic E-state index is 13.2. The molecule has 0 saturated carbocycles. The Morgan fingerprint density at radius 2 is 1.59 bits per heavy atom. The molecule has 17 heteroatoms. The van der Waals surface area contributed by atoms with E-state index < -0.39 is 58.2 Å². The van der Waals surface area contributed by atoms with Crippen molar-refractivity contribution in [2.75, 3.05) is 30.7 Å². The van der Waals surface area contributed by atoms with Gasteiger partial charge in [0, 0.05) is 0 Å². The molecule has 0 radical (unpaired) electrons. The number of fused-ring (bicyclic) bond motifs is 1. The number of imidazole rings is 1. The van der Waals surface area contributed by atoms with E-state index in [1.165, 1.54) is 6.33 Å². The van der Waals surface area contributed by atoms with Gasteiger partial charge in [-0.3, -0.25) is 13.6 Å². The minimum absolute atomic E-state index is 0.287. The van der Waals surface area contributed by atoms with Crippen LogP contribution in [0.3, 0.4) is 0 Å². The third-order valence-electron chi connectivity index (χ3n) is 4.12. The average molecular weight is 612 g/mol. The summed E-state index contributed by atoms with van der Waals surface area (Å²) >= 11 is 3.28. The van der Waals surface area contributed by atoms with Gasteiger partial charge >= 0.3 is 19.9 Å². The van der Waals surface area contributed by atoms with Gasteiger partial charge in [-0.25, -0.2) is 24.5 Å². The second-order valence-electron chi connectivity index (χ2n) is 7.93. The Morgan fingerprint density at radius 1 is 1.00 bits per heavy atom. The van der Waals surface area contributed by atoms with E-state index in [-0.39, 0.29) is 6.54 Å². The second kappa shape index (κ2) is 15.0. The first-order chi connectivity index (χ1) is 17.5. The monoisotopic (exact) mass is 611 g/mol. The summed E-state index contributed by atoms with van der Waals surface area (Å²) in [5.41, 5.74) is 1.62. The van der Waals surface area contributed by atoms with Gasteiger partial charge in [0.05, 0.1) is 36.6 Å². The lowest BCUT2D eigenvalue weighted by atomic mass is 10.4. The molecule has 0 bridgehead atoms. The topological polar surface area (TPSA) is 171 Å². The molecule has 1 atom stereocenters. The molecule has 2 rings (SSSR count). The van der Waals surface area contributed by atoms with Crippen molar-refractivity contribution in [2.45, 2.75) is 59.5 Å². The first kappa shape index (κ1) is 30.7. The highest BCUT2D eigenvalue weighted by Gasteiger charge is 2.29. The first-order valence-electron chi connectivity index (χ1n) is 11.1. The number of alkyl halides is 1. The highest BCUT2D eigenvalue weighted by molar-refractivity contribution is 9.09. The van der Waals surface area contributed by atoms with E-state index in [2.05, 4.69) is 36.2 Å². The van der Waals surface area contributed by atoms with Gasteiger partial charge in [-0.05, 0) is 34.6 Å². The van der Waals surface area contributed by atoms with Crippen LogP contribution in [-0.4, -0.2) is 75.5 Å². The fourth-order valence-electron chi connectivity index (χ4n) is 2.63. The van der Waals surface area contributed by atoms with Crippen molar-refractivity contribution in [3.05, 3.63) is 12.7 Å². The molecule has 0 aliphatic rings. The predicted molar refractivity (Wildman–Crippen MR) is 133 cm³/mol. The van der Waals surface area contributed by atoms with E-state index in [9.17, 15) is 14.2 Å². The summed E-state index contributed by atoms with van der Waals surface area (Å²) in [4.78, 5) is 35.9. The van der Waals surface area contributed by atoms with E-state index >= 15 is 0 Å². The Labute approximate surface area is 222 Å². The van der Waals surface area contributed by atoms with Crippen LogP contribution in [0.4, 0.5) is 15.4 Å². The molecule has 0 aromatic carbocycles. The maximum Gasteiger partial charge on any atom is 0.510 e. The maximum absolute atomic E-state index is 13.2. The Hall–Kier alpha value is -2.52. The van der Waals surface area contributed by atoms with Gasteiger partial charge < -0.3 is 33.6 Å². The number of halogens is 1. The largest absolute Gasteiger partial charge is 0.510 e. The smallest absolute Gasteiger partial charge is 0.432 e. The molecular formula is C20H31BrN5O10P. The van der Waals surface area contributed by atoms with Crippen molar-refractivity contribution >= 4 is 52.8 Å². The van der Waals surface area contributed by atoms with Crippen LogP contribution in [0.5, 0.6) is 0 Å². The third-order valence-corrected chi connectivity index (χ3v) is 5.87. The normalized spacial score (nSPS) is 12.5. The molecule has 2 aromatic rings. The van der Waals surface area contributed by atoms with Gasteiger partial charge in [-0.1, -0.05) is 15.9 Å². The lowest BCUT2D eigenvalue weighted by Gasteiger charge is -2.21. The van der Waals surface area contributed by atoms with E-state index in [0.717, 1.165) is 0 Å². The number of hydrogen-bond acceptors (Lipinski definition) is 14. The van der Waals surface area contributed by atoms with Gasteiger partial charge in [0.15, 0.2) is 11.5 Å². The fraction of sp³-hybridized carbons (Fsp3) is 0.650. The zero-order valence-corrected chi connectivity index (χ0v) is 23.6. The van der Waals surface area contributed by atoms with Crippen molar-refractivity contribution in [1.82, 2.24) is 19.5 Å². The van der Waals surface area contributed by atoms with Crippen molar-refractivity contribution in [3.63, 3.8) is 0 Å². The van der Waals surface area contributed by atoms with Crippen LogP contribution in [0.25, 0.3) is 11.2 Å². The van der Waals surface area contributed by atoms with Crippen molar-refractivity contribution in [3.8, 4) is 0 Å². The quantitative estimate of drug-likeness (QED) is 0.0996. The average Bonchev–Trinajstić information content (AvgIpc) is 3.21. The van der Waals surface area contributed by atoms with Crippen LogP contribution in [-0.2, 0) is 43.8 Å². The Kier molecular flexibility index (Phi) is 12.5. The third kappa shape index (κ3) is 10.8. The minimum Gasteiger partial charge on any atom is -0.432 e. The molecule has 0 unspecified atom stereocenters.